The van der Waals surface area contributed by atoms with Crippen molar-refractivity contribution in [2.75, 3.05) is 5.73 Å². The summed E-state index contributed by atoms with van der Waals surface area (Å²) in [6, 6.07) is 20.2. The first-order valence-corrected chi connectivity index (χ1v) is 8.01. The van der Waals surface area contributed by atoms with Crippen molar-refractivity contribution in [1.29, 1.82) is 5.26 Å². The maximum absolute atomic E-state index is 9.55. The lowest BCUT2D eigenvalue weighted by atomic mass is 9.97. The van der Waals surface area contributed by atoms with Gasteiger partial charge in [-0.25, -0.2) is 4.98 Å². The number of para-hydroxylation sites is 1. The molecule has 0 bridgehead atoms. The van der Waals surface area contributed by atoms with Crippen LogP contribution in [-0.2, 0) is 0 Å². The highest BCUT2D eigenvalue weighted by molar-refractivity contribution is 5.96. The van der Waals surface area contributed by atoms with Crippen LogP contribution in [0.1, 0.15) is 11.1 Å². The number of H-pyrrole nitrogens is 1. The van der Waals surface area contributed by atoms with E-state index in [0.717, 1.165) is 38.9 Å². The highest BCUT2D eigenvalue weighted by atomic mass is 14.9. The van der Waals surface area contributed by atoms with E-state index >= 15 is 0 Å². The second-order valence-electron chi connectivity index (χ2n) is 6.04. The molecule has 120 valence electrons. The van der Waals surface area contributed by atoms with Crippen LogP contribution in [0, 0.1) is 18.3 Å². The Hall–Kier alpha value is -3.58. The molecule has 0 saturated carbocycles. The van der Waals surface area contributed by atoms with Crippen LogP contribution >= 0.6 is 0 Å². The smallest absolute Gasteiger partial charge is 0.142 e. The number of pyridine rings is 1. The molecule has 3 N–H and O–H groups in total. The van der Waals surface area contributed by atoms with E-state index in [2.05, 4.69) is 22.1 Å². The summed E-state index contributed by atoms with van der Waals surface area (Å²) in [6.07, 6.45) is 1.93. The number of nitrogen functional groups attached to an aromatic ring is 1. The minimum Gasteiger partial charge on any atom is -0.383 e. The first-order chi connectivity index (χ1) is 12.2. The van der Waals surface area contributed by atoms with E-state index in [0.29, 0.717) is 5.56 Å². The first kappa shape index (κ1) is 15.0. The minimum absolute atomic E-state index is 0.252. The molecule has 0 fully saturated rings. The third-order valence-electron chi connectivity index (χ3n) is 4.35. The van der Waals surface area contributed by atoms with Gasteiger partial charge in [0.25, 0.3) is 0 Å². The van der Waals surface area contributed by atoms with Crippen molar-refractivity contribution in [2.24, 2.45) is 0 Å². The SMILES string of the molecule is Cc1cccc(-c2cc(-c3c[nH]c4ccccc34)nc(N)c2C#N)c1. The van der Waals surface area contributed by atoms with Crippen LogP contribution in [0.2, 0.25) is 0 Å². The number of aryl methyl sites for hydroxylation is 1. The fourth-order valence-corrected chi connectivity index (χ4v) is 3.14. The summed E-state index contributed by atoms with van der Waals surface area (Å²) in [5.74, 6) is 0.252. The lowest BCUT2D eigenvalue weighted by Crippen LogP contribution is -1.99. The summed E-state index contributed by atoms with van der Waals surface area (Å²) in [5, 5.41) is 10.6. The number of aromatic nitrogens is 2. The number of benzene rings is 2. The normalized spacial score (nSPS) is 10.7. The molecule has 4 rings (SSSR count). The second kappa shape index (κ2) is 5.81. The third-order valence-corrected chi connectivity index (χ3v) is 4.35. The quantitative estimate of drug-likeness (QED) is 0.563. The van der Waals surface area contributed by atoms with E-state index in [1.165, 1.54) is 0 Å². The number of nitrogens with zero attached hydrogens (tertiary/aromatic N) is 2. The van der Waals surface area contributed by atoms with Crippen molar-refractivity contribution < 1.29 is 0 Å². The molecule has 2 aromatic carbocycles. The second-order valence-corrected chi connectivity index (χ2v) is 6.04. The fraction of sp³-hybridized carbons (Fsp3) is 0.0476. The van der Waals surface area contributed by atoms with Crippen LogP contribution in [0.3, 0.4) is 0 Å². The Labute approximate surface area is 145 Å². The zero-order valence-corrected chi connectivity index (χ0v) is 13.7. The van der Waals surface area contributed by atoms with E-state index in [-0.39, 0.29) is 5.82 Å². The largest absolute Gasteiger partial charge is 0.383 e. The molecule has 0 radical (unpaired) electrons. The van der Waals surface area contributed by atoms with Crippen LogP contribution in [0.4, 0.5) is 5.82 Å². The Balaban J connectivity index is 1.98. The van der Waals surface area contributed by atoms with E-state index < -0.39 is 0 Å². The van der Waals surface area contributed by atoms with E-state index in [1.54, 1.807) is 0 Å². The van der Waals surface area contributed by atoms with Gasteiger partial charge >= 0.3 is 0 Å². The number of hydrogen-bond acceptors (Lipinski definition) is 3. The summed E-state index contributed by atoms with van der Waals surface area (Å²) >= 11 is 0. The van der Waals surface area contributed by atoms with Gasteiger partial charge in [-0.15, -0.1) is 0 Å². The number of fused-ring (bicyclic) bond motifs is 1. The summed E-state index contributed by atoms with van der Waals surface area (Å²) in [6.45, 7) is 2.03. The van der Waals surface area contributed by atoms with Crippen molar-refractivity contribution in [3.63, 3.8) is 0 Å². The van der Waals surface area contributed by atoms with E-state index in [4.69, 9.17) is 5.73 Å². The average Bonchev–Trinajstić information content (AvgIpc) is 3.05. The molecular weight excluding hydrogens is 308 g/mol. The highest BCUT2D eigenvalue weighted by Crippen LogP contribution is 2.34. The van der Waals surface area contributed by atoms with Gasteiger partial charge in [-0.05, 0) is 24.6 Å². The van der Waals surface area contributed by atoms with Crippen molar-refractivity contribution >= 4 is 16.7 Å². The van der Waals surface area contributed by atoms with Crippen LogP contribution in [-0.4, -0.2) is 9.97 Å². The Kier molecular flexibility index (Phi) is 3.48. The summed E-state index contributed by atoms with van der Waals surface area (Å²) in [7, 11) is 0. The van der Waals surface area contributed by atoms with Crippen molar-refractivity contribution in [3.8, 4) is 28.5 Å². The fourth-order valence-electron chi connectivity index (χ4n) is 3.14. The molecule has 2 heterocycles. The summed E-state index contributed by atoms with van der Waals surface area (Å²) in [5.41, 5.74) is 12.2. The molecule has 0 atom stereocenters. The Morgan fingerprint density at radius 1 is 1.04 bits per heavy atom. The lowest BCUT2D eigenvalue weighted by Gasteiger charge is -2.10. The summed E-state index contributed by atoms with van der Waals surface area (Å²) < 4.78 is 0. The van der Waals surface area contributed by atoms with Gasteiger partial charge in [-0.3, -0.25) is 0 Å². The van der Waals surface area contributed by atoms with Crippen LogP contribution < -0.4 is 5.73 Å². The molecule has 2 aromatic heterocycles. The van der Waals surface area contributed by atoms with Gasteiger partial charge in [-0.2, -0.15) is 5.26 Å². The Bertz CT molecular complexity index is 1130. The number of rotatable bonds is 2. The van der Waals surface area contributed by atoms with Gasteiger partial charge in [0.1, 0.15) is 17.5 Å². The monoisotopic (exact) mass is 324 g/mol. The minimum atomic E-state index is 0.252. The van der Waals surface area contributed by atoms with Gasteiger partial charge in [-0.1, -0.05) is 48.0 Å². The van der Waals surface area contributed by atoms with Crippen molar-refractivity contribution in [1.82, 2.24) is 9.97 Å². The molecule has 0 amide bonds. The Morgan fingerprint density at radius 2 is 1.88 bits per heavy atom. The lowest BCUT2D eigenvalue weighted by molar-refractivity contribution is 1.31. The highest BCUT2D eigenvalue weighted by Gasteiger charge is 2.15. The molecule has 4 nitrogen and oxygen atoms in total. The average molecular weight is 324 g/mol. The predicted octanol–water partition coefficient (Wildman–Crippen LogP) is 4.66. The van der Waals surface area contributed by atoms with E-state index in [9.17, 15) is 5.26 Å². The molecule has 0 aliphatic rings. The molecule has 0 saturated heterocycles. The zero-order valence-electron chi connectivity index (χ0n) is 13.7. The molecule has 4 heteroatoms. The van der Waals surface area contributed by atoms with Gasteiger partial charge in [0.15, 0.2) is 0 Å². The van der Waals surface area contributed by atoms with Gasteiger partial charge in [0.05, 0.1) is 5.69 Å². The number of nitrogens with two attached hydrogens (primary N) is 1. The van der Waals surface area contributed by atoms with Crippen molar-refractivity contribution in [2.45, 2.75) is 6.92 Å². The van der Waals surface area contributed by atoms with Crippen LogP contribution in [0.15, 0.2) is 60.8 Å². The third kappa shape index (κ3) is 2.52. The van der Waals surface area contributed by atoms with Gasteiger partial charge < -0.3 is 10.7 Å². The number of anilines is 1. The number of aromatic amines is 1. The van der Waals surface area contributed by atoms with Crippen molar-refractivity contribution in [3.05, 3.63) is 71.9 Å². The van der Waals surface area contributed by atoms with Gasteiger partial charge in [0, 0.05) is 28.2 Å². The number of nitriles is 1. The molecule has 25 heavy (non-hydrogen) atoms. The molecule has 0 aliphatic heterocycles. The van der Waals surface area contributed by atoms with Gasteiger partial charge in [0.2, 0.25) is 0 Å². The Morgan fingerprint density at radius 3 is 2.68 bits per heavy atom. The predicted molar refractivity (Wildman–Crippen MR) is 101 cm³/mol. The number of nitrogens with one attached hydrogen (secondary N) is 1. The van der Waals surface area contributed by atoms with Crippen LogP contribution in [0.25, 0.3) is 33.3 Å². The molecule has 4 aromatic rings. The standard InChI is InChI=1S/C21H16N4/c1-13-5-4-6-14(9-13)16-10-20(25-21(23)17(16)11-22)18-12-24-19-8-3-2-7-15(18)19/h2-10,12,24H,1H3,(H2,23,25). The topological polar surface area (TPSA) is 78.5 Å². The molecular formula is C21H16N4. The van der Waals surface area contributed by atoms with Crippen LogP contribution in [0.5, 0.6) is 0 Å². The first-order valence-electron chi connectivity index (χ1n) is 8.01. The summed E-state index contributed by atoms with van der Waals surface area (Å²) in [4.78, 5) is 7.74. The molecule has 0 unspecified atom stereocenters. The zero-order chi connectivity index (χ0) is 17.4. The maximum atomic E-state index is 9.55. The number of hydrogen-bond donors (Lipinski definition) is 2. The molecule has 0 spiro atoms. The maximum Gasteiger partial charge on any atom is 0.142 e. The van der Waals surface area contributed by atoms with E-state index in [1.807, 2.05) is 61.7 Å². The molecule has 0 aliphatic carbocycles.